The molecule has 78 valence electrons. The third-order valence-corrected chi connectivity index (χ3v) is 2.15. The molecule has 0 spiro atoms. The first kappa shape index (κ1) is 12.7. The van der Waals surface area contributed by atoms with E-state index >= 15 is 0 Å². The van der Waals surface area contributed by atoms with E-state index in [4.69, 9.17) is 9.84 Å². The van der Waals surface area contributed by atoms with Gasteiger partial charge in [-0.15, -0.1) is 0 Å². The third kappa shape index (κ3) is 5.83. The number of hydrogen-bond acceptors (Lipinski definition) is 2. The molecule has 1 N–H and O–H groups in total. The number of aliphatic hydroxyl groups is 1. The van der Waals surface area contributed by atoms with E-state index < -0.39 is 0 Å². The lowest BCUT2D eigenvalue weighted by Crippen LogP contribution is -2.28. The van der Waals surface area contributed by atoms with Gasteiger partial charge in [-0.05, 0) is 25.7 Å². The zero-order chi connectivity index (χ0) is 10.3. The molecule has 0 aromatic rings. The van der Waals surface area contributed by atoms with Gasteiger partial charge < -0.3 is 9.84 Å². The van der Waals surface area contributed by atoms with Gasteiger partial charge in [-0.3, -0.25) is 0 Å². The fourth-order valence-corrected chi connectivity index (χ4v) is 1.52. The van der Waals surface area contributed by atoms with Gasteiger partial charge >= 0.3 is 0 Å². The maximum atomic E-state index is 8.59. The molecule has 0 saturated heterocycles. The molecule has 0 aliphatic rings. The second-order valence-corrected chi connectivity index (χ2v) is 4.11. The first-order chi connectivity index (χ1) is 6.04. The summed E-state index contributed by atoms with van der Waals surface area (Å²) in [6.07, 6.45) is 5.64. The Hall–Kier alpha value is -0.340. The number of hydrogen-bond donors (Lipinski definition) is 1. The maximum Gasteiger partial charge on any atom is 0.0687 e. The topological polar surface area (TPSA) is 29.5 Å². The summed E-state index contributed by atoms with van der Waals surface area (Å²) >= 11 is 0. The van der Waals surface area contributed by atoms with Crippen molar-refractivity contribution < 1.29 is 9.84 Å². The molecule has 0 aliphatic heterocycles. The molecule has 1 unspecified atom stereocenters. The summed E-state index contributed by atoms with van der Waals surface area (Å²) in [5.41, 5.74) is -0.0835. The lowest BCUT2D eigenvalue weighted by atomic mass is 9.91. The van der Waals surface area contributed by atoms with Gasteiger partial charge in [0.15, 0.2) is 0 Å². The number of rotatable bonds is 6. The highest BCUT2D eigenvalue weighted by atomic mass is 16.5. The normalized spacial score (nSPS) is 16.8. The van der Waals surface area contributed by atoms with Crippen LogP contribution in [-0.2, 0) is 4.74 Å². The molecule has 0 rings (SSSR count). The Labute approximate surface area is 81.6 Å². The number of aliphatic hydroxyl groups excluding tert-OH is 1. The average molecular weight is 186 g/mol. The van der Waals surface area contributed by atoms with Crippen molar-refractivity contribution >= 4 is 0 Å². The van der Waals surface area contributed by atoms with E-state index in [1.807, 2.05) is 6.08 Å². The first-order valence-electron chi connectivity index (χ1n) is 4.85. The summed E-state index contributed by atoms with van der Waals surface area (Å²) in [5, 5.41) is 8.59. The van der Waals surface area contributed by atoms with Crippen LogP contribution < -0.4 is 0 Å². The molecule has 0 bridgehead atoms. The molecular formula is C11H22O2. The van der Waals surface area contributed by atoms with Crippen LogP contribution in [0.5, 0.6) is 0 Å². The maximum absolute atomic E-state index is 8.59. The van der Waals surface area contributed by atoms with E-state index in [9.17, 15) is 0 Å². The Bertz CT molecular complexity index is 152. The lowest BCUT2D eigenvalue weighted by Gasteiger charge is -2.28. The van der Waals surface area contributed by atoms with E-state index in [-0.39, 0.29) is 12.2 Å². The summed E-state index contributed by atoms with van der Waals surface area (Å²) in [6.45, 7) is 6.59. The highest BCUT2D eigenvalue weighted by Crippen LogP contribution is 2.24. The SMILES string of the molecule is COC(C)(CC=CCO)CC(C)C. The van der Waals surface area contributed by atoms with Gasteiger partial charge in [0, 0.05) is 7.11 Å². The van der Waals surface area contributed by atoms with Gasteiger partial charge in [0.1, 0.15) is 0 Å². The summed E-state index contributed by atoms with van der Waals surface area (Å²) in [4.78, 5) is 0. The first-order valence-corrected chi connectivity index (χ1v) is 4.85. The summed E-state index contributed by atoms with van der Waals surface area (Å²) in [5.74, 6) is 0.632. The van der Waals surface area contributed by atoms with Gasteiger partial charge in [-0.2, -0.15) is 0 Å². The van der Waals surface area contributed by atoms with Crippen molar-refractivity contribution in [3.8, 4) is 0 Å². The number of ether oxygens (including phenoxy) is 1. The molecule has 1 atom stereocenters. The van der Waals surface area contributed by atoms with Crippen molar-refractivity contribution in [1.29, 1.82) is 0 Å². The predicted molar refractivity (Wildman–Crippen MR) is 55.7 cm³/mol. The molecule has 0 fully saturated rings. The molecular weight excluding hydrogens is 164 g/mol. The van der Waals surface area contributed by atoms with Crippen LogP contribution in [0.3, 0.4) is 0 Å². The van der Waals surface area contributed by atoms with Crippen molar-refractivity contribution in [1.82, 2.24) is 0 Å². The van der Waals surface area contributed by atoms with Gasteiger partial charge in [0.2, 0.25) is 0 Å². The minimum Gasteiger partial charge on any atom is -0.392 e. The second kappa shape index (κ2) is 6.17. The third-order valence-electron chi connectivity index (χ3n) is 2.15. The van der Waals surface area contributed by atoms with Crippen LogP contribution >= 0.6 is 0 Å². The van der Waals surface area contributed by atoms with E-state index in [1.165, 1.54) is 0 Å². The Morgan fingerprint density at radius 2 is 2.00 bits per heavy atom. The second-order valence-electron chi connectivity index (χ2n) is 4.11. The monoisotopic (exact) mass is 186 g/mol. The van der Waals surface area contributed by atoms with Crippen molar-refractivity contribution in [2.24, 2.45) is 5.92 Å². The Kier molecular flexibility index (Phi) is 6.00. The zero-order valence-electron chi connectivity index (χ0n) is 9.21. The summed E-state index contributed by atoms with van der Waals surface area (Å²) < 4.78 is 5.46. The van der Waals surface area contributed by atoms with Crippen molar-refractivity contribution in [2.45, 2.75) is 39.2 Å². The van der Waals surface area contributed by atoms with Crippen molar-refractivity contribution in [3.05, 3.63) is 12.2 Å². The predicted octanol–water partition coefficient (Wildman–Crippen LogP) is 2.38. The van der Waals surface area contributed by atoms with E-state index in [1.54, 1.807) is 13.2 Å². The largest absolute Gasteiger partial charge is 0.392 e. The Balaban J connectivity index is 4.03. The van der Waals surface area contributed by atoms with Crippen LogP contribution in [-0.4, -0.2) is 24.4 Å². The molecule has 0 amide bonds. The molecule has 0 aromatic heterocycles. The molecule has 13 heavy (non-hydrogen) atoms. The average Bonchev–Trinajstić information content (AvgIpc) is 2.04. The van der Waals surface area contributed by atoms with Crippen LogP contribution in [0.1, 0.15) is 33.6 Å². The van der Waals surface area contributed by atoms with Crippen LogP contribution in [0.25, 0.3) is 0 Å². The smallest absolute Gasteiger partial charge is 0.0687 e. The molecule has 0 aliphatic carbocycles. The van der Waals surface area contributed by atoms with Crippen LogP contribution in [0, 0.1) is 5.92 Å². The highest BCUT2D eigenvalue weighted by molar-refractivity contribution is 4.90. The van der Waals surface area contributed by atoms with Crippen LogP contribution in [0.15, 0.2) is 12.2 Å². The van der Waals surface area contributed by atoms with Gasteiger partial charge in [-0.1, -0.05) is 26.0 Å². The van der Waals surface area contributed by atoms with Gasteiger partial charge in [-0.25, -0.2) is 0 Å². The quantitative estimate of drug-likeness (QED) is 0.645. The minimum absolute atomic E-state index is 0.0835. The summed E-state index contributed by atoms with van der Waals surface area (Å²) in [7, 11) is 1.75. The fraction of sp³-hybridized carbons (Fsp3) is 0.818. The Morgan fingerprint density at radius 1 is 1.38 bits per heavy atom. The van der Waals surface area contributed by atoms with Crippen LogP contribution in [0.4, 0.5) is 0 Å². The molecule has 0 aromatic carbocycles. The van der Waals surface area contributed by atoms with E-state index in [0.29, 0.717) is 5.92 Å². The standard InChI is InChI=1S/C11H22O2/c1-10(2)9-11(3,13-4)7-5-6-8-12/h5-6,10,12H,7-9H2,1-4H3. The molecule has 2 heteroatoms. The number of methoxy groups -OCH3 is 1. The fourth-order valence-electron chi connectivity index (χ4n) is 1.52. The van der Waals surface area contributed by atoms with E-state index in [2.05, 4.69) is 20.8 Å². The minimum atomic E-state index is -0.0835. The molecule has 0 saturated carbocycles. The van der Waals surface area contributed by atoms with Gasteiger partial charge in [0.25, 0.3) is 0 Å². The summed E-state index contributed by atoms with van der Waals surface area (Å²) in [6, 6.07) is 0. The molecule has 2 nitrogen and oxygen atoms in total. The zero-order valence-corrected chi connectivity index (χ0v) is 9.21. The molecule has 0 radical (unpaired) electrons. The van der Waals surface area contributed by atoms with Crippen molar-refractivity contribution in [3.63, 3.8) is 0 Å². The Morgan fingerprint density at radius 3 is 2.38 bits per heavy atom. The lowest BCUT2D eigenvalue weighted by molar-refractivity contribution is -0.00810. The van der Waals surface area contributed by atoms with Crippen molar-refractivity contribution in [2.75, 3.05) is 13.7 Å². The van der Waals surface area contributed by atoms with E-state index in [0.717, 1.165) is 12.8 Å². The van der Waals surface area contributed by atoms with Gasteiger partial charge in [0.05, 0.1) is 12.2 Å². The van der Waals surface area contributed by atoms with Crippen LogP contribution in [0.2, 0.25) is 0 Å². The highest BCUT2D eigenvalue weighted by Gasteiger charge is 2.22. The molecule has 0 heterocycles.